The van der Waals surface area contributed by atoms with E-state index in [4.69, 9.17) is 0 Å². The van der Waals surface area contributed by atoms with Crippen LogP contribution in [0.15, 0.2) is 24.3 Å². The molecule has 0 aromatic heterocycles. The number of nitrogens with one attached hydrogen (secondary N) is 3. The molecule has 1 saturated carbocycles. The second-order valence-corrected chi connectivity index (χ2v) is 7.86. The van der Waals surface area contributed by atoms with Gasteiger partial charge in [-0.3, -0.25) is 10.1 Å². The summed E-state index contributed by atoms with van der Waals surface area (Å²) in [6, 6.07) is 4.59. The number of anilines is 1. The van der Waals surface area contributed by atoms with E-state index in [1.165, 1.54) is 6.07 Å². The van der Waals surface area contributed by atoms with Gasteiger partial charge in [-0.2, -0.15) is 13.2 Å². The van der Waals surface area contributed by atoms with E-state index >= 15 is 0 Å². The Bertz CT molecular complexity index is 727. The molecule has 1 aliphatic carbocycles. The minimum Gasteiger partial charge on any atom is -0.360 e. The van der Waals surface area contributed by atoms with Gasteiger partial charge in [0.2, 0.25) is 0 Å². The number of hydrogen-bond donors (Lipinski definition) is 3. The Kier molecular flexibility index (Phi) is 6.66. The number of benzene rings is 1. The molecule has 29 heavy (non-hydrogen) atoms. The fourth-order valence-electron chi connectivity index (χ4n) is 4.06. The molecule has 1 aromatic rings. The third-order valence-corrected chi connectivity index (χ3v) is 5.88. The zero-order valence-electron chi connectivity index (χ0n) is 16.5. The first kappa shape index (κ1) is 21.4. The Morgan fingerprint density at radius 1 is 1.17 bits per heavy atom. The van der Waals surface area contributed by atoms with Gasteiger partial charge >= 0.3 is 12.2 Å². The standard InChI is InChI=1S/C20H27F3N4O2/c1-14(18(28)25-19(29)24-16-6-2-3-7-16)26-9-11-27(12-10-26)17-8-4-5-15(13-17)20(21,22)23/h4-5,8,13-14,16H,2-3,6-7,9-12H2,1H3,(H2,24,25,28,29)/p+1/t14-/m0/s1. The summed E-state index contributed by atoms with van der Waals surface area (Å²) in [7, 11) is 0. The van der Waals surface area contributed by atoms with Crippen molar-refractivity contribution >= 4 is 17.6 Å². The summed E-state index contributed by atoms with van der Waals surface area (Å²) in [5.74, 6) is -0.331. The van der Waals surface area contributed by atoms with Crippen molar-refractivity contribution in [2.75, 3.05) is 31.1 Å². The van der Waals surface area contributed by atoms with Crippen LogP contribution in [0.2, 0.25) is 0 Å². The van der Waals surface area contributed by atoms with Crippen LogP contribution in [0.1, 0.15) is 38.2 Å². The van der Waals surface area contributed by atoms with Crippen molar-refractivity contribution < 1.29 is 27.7 Å². The molecule has 1 saturated heterocycles. The number of halogens is 3. The van der Waals surface area contributed by atoms with Crippen LogP contribution in [0, 0.1) is 0 Å². The maximum absolute atomic E-state index is 12.9. The zero-order valence-corrected chi connectivity index (χ0v) is 16.5. The maximum Gasteiger partial charge on any atom is 0.416 e. The predicted octanol–water partition coefficient (Wildman–Crippen LogP) is 1.57. The second-order valence-electron chi connectivity index (χ2n) is 7.86. The molecule has 3 amide bonds. The van der Waals surface area contributed by atoms with E-state index < -0.39 is 23.8 Å². The van der Waals surface area contributed by atoms with Gasteiger partial charge in [0.05, 0.1) is 31.7 Å². The van der Waals surface area contributed by atoms with Gasteiger partial charge < -0.3 is 15.1 Å². The molecule has 2 aliphatic rings. The fraction of sp³-hybridized carbons (Fsp3) is 0.600. The molecule has 1 heterocycles. The van der Waals surface area contributed by atoms with Crippen molar-refractivity contribution in [3.8, 4) is 0 Å². The van der Waals surface area contributed by atoms with Crippen molar-refractivity contribution in [2.24, 2.45) is 0 Å². The van der Waals surface area contributed by atoms with Crippen LogP contribution in [-0.2, 0) is 11.0 Å². The van der Waals surface area contributed by atoms with Crippen LogP contribution in [0.25, 0.3) is 0 Å². The lowest BCUT2D eigenvalue weighted by Gasteiger charge is -2.36. The van der Waals surface area contributed by atoms with Crippen molar-refractivity contribution in [2.45, 2.75) is 50.9 Å². The van der Waals surface area contributed by atoms with E-state index in [-0.39, 0.29) is 11.9 Å². The Balaban J connectivity index is 1.49. The lowest BCUT2D eigenvalue weighted by molar-refractivity contribution is -0.914. The Labute approximate surface area is 168 Å². The summed E-state index contributed by atoms with van der Waals surface area (Å²) in [6.07, 6.45) is -0.292. The normalized spacial score (nSPS) is 19.8. The molecule has 1 aromatic carbocycles. The molecular weight excluding hydrogens is 385 g/mol. The summed E-state index contributed by atoms with van der Waals surface area (Å²) >= 11 is 0. The number of nitrogens with zero attached hydrogens (tertiary/aromatic N) is 1. The van der Waals surface area contributed by atoms with Crippen molar-refractivity contribution in [3.63, 3.8) is 0 Å². The summed E-state index contributed by atoms with van der Waals surface area (Å²) < 4.78 is 38.8. The van der Waals surface area contributed by atoms with Gasteiger partial charge in [-0.25, -0.2) is 4.79 Å². The molecule has 9 heteroatoms. The van der Waals surface area contributed by atoms with Crippen molar-refractivity contribution in [3.05, 3.63) is 29.8 Å². The van der Waals surface area contributed by atoms with Crippen LogP contribution in [-0.4, -0.2) is 50.2 Å². The minimum atomic E-state index is -4.37. The summed E-state index contributed by atoms with van der Waals surface area (Å²) in [4.78, 5) is 27.3. The molecule has 6 nitrogen and oxygen atoms in total. The third-order valence-electron chi connectivity index (χ3n) is 5.88. The van der Waals surface area contributed by atoms with E-state index in [9.17, 15) is 22.8 Å². The molecule has 1 atom stereocenters. The highest BCUT2D eigenvalue weighted by molar-refractivity contribution is 5.96. The van der Waals surface area contributed by atoms with Crippen LogP contribution in [0.4, 0.5) is 23.7 Å². The number of carbonyl (C=O) groups is 2. The smallest absolute Gasteiger partial charge is 0.360 e. The molecule has 0 unspecified atom stereocenters. The van der Waals surface area contributed by atoms with E-state index in [0.717, 1.165) is 42.7 Å². The number of amides is 3. The van der Waals surface area contributed by atoms with E-state index in [1.807, 2.05) is 4.90 Å². The van der Waals surface area contributed by atoms with E-state index in [0.29, 0.717) is 31.9 Å². The third kappa shape index (κ3) is 5.62. The quantitative estimate of drug-likeness (QED) is 0.702. The molecule has 1 aliphatic heterocycles. The van der Waals surface area contributed by atoms with Gasteiger partial charge in [0, 0.05) is 11.7 Å². The zero-order chi connectivity index (χ0) is 21.0. The van der Waals surface area contributed by atoms with Crippen LogP contribution in [0.5, 0.6) is 0 Å². The van der Waals surface area contributed by atoms with E-state index in [1.54, 1.807) is 13.0 Å². The molecule has 0 radical (unpaired) electrons. The van der Waals surface area contributed by atoms with Gasteiger partial charge in [-0.15, -0.1) is 0 Å². The largest absolute Gasteiger partial charge is 0.416 e. The first-order valence-electron chi connectivity index (χ1n) is 10.1. The highest BCUT2D eigenvalue weighted by Gasteiger charge is 2.33. The van der Waals surface area contributed by atoms with Gasteiger partial charge in [0.1, 0.15) is 0 Å². The summed E-state index contributed by atoms with van der Waals surface area (Å²) in [6.45, 7) is 4.07. The Morgan fingerprint density at radius 3 is 2.45 bits per heavy atom. The van der Waals surface area contributed by atoms with Gasteiger partial charge in [-0.05, 0) is 38.0 Å². The van der Waals surface area contributed by atoms with Crippen molar-refractivity contribution in [1.29, 1.82) is 0 Å². The van der Waals surface area contributed by atoms with Gasteiger partial charge in [0.25, 0.3) is 5.91 Å². The average Bonchev–Trinajstić information content (AvgIpc) is 3.19. The molecule has 160 valence electrons. The number of piperazine rings is 1. The van der Waals surface area contributed by atoms with Crippen LogP contribution in [0.3, 0.4) is 0 Å². The Morgan fingerprint density at radius 2 is 1.83 bits per heavy atom. The number of quaternary nitrogens is 1. The lowest BCUT2D eigenvalue weighted by Crippen LogP contribution is -3.19. The topological polar surface area (TPSA) is 65.9 Å². The number of rotatable bonds is 4. The lowest BCUT2D eigenvalue weighted by atomic mass is 10.1. The minimum absolute atomic E-state index is 0.140. The van der Waals surface area contributed by atoms with Crippen molar-refractivity contribution in [1.82, 2.24) is 10.6 Å². The first-order chi connectivity index (χ1) is 13.7. The van der Waals surface area contributed by atoms with E-state index in [2.05, 4.69) is 10.6 Å². The SMILES string of the molecule is C[C@@H](C(=O)NC(=O)NC1CCCC1)[NH+]1CCN(c2cccc(C(F)(F)F)c2)CC1. The molecule has 0 bridgehead atoms. The molecule has 2 fully saturated rings. The van der Waals surface area contributed by atoms with Gasteiger partial charge in [0.15, 0.2) is 6.04 Å². The summed E-state index contributed by atoms with van der Waals surface area (Å²) in [5.41, 5.74) is -0.127. The number of hydrogen-bond acceptors (Lipinski definition) is 3. The van der Waals surface area contributed by atoms with Crippen LogP contribution >= 0.6 is 0 Å². The van der Waals surface area contributed by atoms with Crippen LogP contribution < -0.4 is 20.4 Å². The molecular formula is C20H28F3N4O2+. The number of carbonyl (C=O) groups excluding carboxylic acids is 2. The fourth-order valence-corrected chi connectivity index (χ4v) is 4.06. The highest BCUT2D eigenvalue weighted by Crippen LogP contribution is 2.31. The van der Waals surface area contributed by atoms with Gasteiger partial charge in [-0.1, -0.05) is 18.9 Å². The average molecular weight is 413 g/mol. The second kappa shape index (κ2) is 9.02. The summed E-state index contributed by atoms with van der Waals surface area (Å²) in [5, 5.41) is 5.26. The predicted molar refractivity (Wildman–Crippen MR) is 103 cm³/mol. The highest BCUT2D eigenvalue weighted by atomic mass is 19.4. The first-order valence-corrected chi connectivity index (χ1v) is 10.1. The molecule has 3 rings (SSSR count). The monoisotopic (exact) mass is 413 g/mol. The Hall–Kier alpha value is -2.29. The molecule has 0 spiro atoms. The number of imide groups is 1. The molecule has 3 N–H and O–H groups in total. The maximum atomic E-state index is 12.9. The number of alkyl halides is 3. The number of urea groups is 1.